The maximum Gasteiger partial charge on any atom is 0.322 e. The number of methoxy groups -OCH3 is 1. The summed E-state index contributed by atoms with van der Waals surface area (Å²) in [6.45, 7) is 2.07. The fourth-order valence-corrected chi connectivity index (χ4v) is 3.19. The van der Waals surface area contributed by atoms with Gasteiger partial charge in [0.25, 0.3) is 0 Å². The van der Waals surface area contributed by atoms with Gasteiger partial charge >= 0.3 is 6.01 Å². The second-order valence-corrected chi connectivity index (χ2v) is 5.34. The fourth-order valence-electron chi connectivity index (χ4n) is 3.04. The van der Waals surface area contributed by atoms with Crippen molar-refractivity contribution in [3.05, 3.63) is 5.28 Å². The van der Waals surface area contributed by atoms with E-state index < -0.39 is 0 Å². The van der Waals surface area contributed by atoms with Gasteiger partial charge in [-0.2, -0.15) is 15.0 Å². The molecule has 1 aromatic rings. The zero-order valence-corrected chi connectivity index (χ0v) is 11.7. The van der Waals surface area contributed by atoms with Crippen molar-refractivity contribution in [2.75, 3.05) is 25.1 Å². The molecule has 2 aliphatic rings. The molecule has 0 aromatic carbocycles. The Labute approximate surface area is 117 Å². The van der Waals surface area contributed by atoms with Crippen LogP contribution in [-0.4, -0.2) is 47.2 Å². The molecule has 0 saturated carbocycles. The van der Waals surface area contributed by atoms with E-state index in [0.717, 1.165) is 19.5 Å². The van der Waals surface area contributed by atoms with E-state index in [2.05, 4.69) is 25.2 Å². The van der Waals surface area contributed by atoms with Crippen LogP contribution in [-0.2, 0) is 0 Å². The molecule has 2 aliphatic heterocycles. The largest absolute Gasteiger partial charge is 0.467 e. The number of nitrogens with zero attached hydrogens (tertiary/aromatic N) is 4. The standard InChI is InChI=1S/C12H18ClN5O/c1-19-12-16-10(13)15-11(17-12)18-7-3-5-9(18)8-4-2-6-14-8/h8-9,14H,2-7H2,1H3. The molecule has 3 heterocycles. The van der Waals surface area contributed by atoms with E-state index in [0.29, 0.717) is 18.0 Å². The van der Waals surface area contributed by atoms with E-state index in [9.17, 15) is 0 Å². The molecule has 0 spiro atoms. The highest BCUT2D eigenvalue weighted by Crippen LogP contribution is 2.29. The highest BCUT2D eigenvalue weighted by molar-refractivity contribution is 6.28. The summed E-state index contributed by atoms with van der Waals surface area (Å²) in [5.74, 6) is 0.632. The lowest BCUT2D eigenvalue weighted by Gasteiger charge is -2.29. The summed E-state index contributed by atoms with van der Waals surface area (Å²) >= 11 is 5.93. The van der Waals surface area contributed by atoms with E-state index in [1.807, 2.05) is 0 Å². The Morgan fingerprint density at radius 1 is 1.26 bits per heavy atom. The number of hydrogen-bond acceptors (Lipinski definition) is 6. The second kappa shape index (κ2) is 5.46. The Morgan fingerprint density at radius 3 is 2.89 bits per heavy atom. The fraction of sp³-hybridized carbons (Fsp3) is 0.750. The summed E-state index contributed by atoms with van der Waals surface area (Å²) in [4.78, 5) is 14.7. The van der Waals surface area contributed by atoms with Crippen molar-refractivity contribution in [1.82, 2.24) is 20.3 Å². The third-order valence-electron chi connectivity index (χ3n) is 3.88. The van der Waals surface area contributed by atoms with Crippen molar-refractivity contribution in [3.8, 4) is 6.01 Å². The van der Waals surface area contributed by atoms with Gasteiger partial charge in [-0.3, -0.25) is 0 Å². The Balaban J connectivity index is 1.85. The average molecular weight is 284 g/mol. The summed E-state index contributed by atoms with van der Waals surface area (Å²) in [5.41, 5.74) is 0. The molecule has 7 heteroatoms. The van der Waals surface area contributed by atoms with E-state index in [1.54, 1.807) is 0 Å². The number of nitrogens with one attached hydrogen (secondary N) is 1. The molecule has 0 bridgehead atoms. The summed E-state index contributed by atoms with van der Waals surface area (Å²) in [6.07, 6.45) is 4.80. The van der Waals surface area contributed by atoms with Crippen LogP contribution in [0.25, 0.3) is 0 Å². The molecule has 3 rings (SSSR count). The molecule has 2 fully saturated rings. The van der Waals surface area contributed by atoms with Crippen LogP contribution >= 0.6 is 11.6 Å². The first kappa shape index (κ1) is 12.9. The number of ether oxygens (including phenoxy) is 1. The molecule has 2 unspecified atom stereocenters. The lowest BCUT2D eigenvalue weighted by Crippen LogP contribution is -2.44. The minimum absolute atomic E-state index is 0.187. The van der Waals surface area contributed by atoms with Crippen LogP contribution in [0.3, 0.4) is 0 Å². The summed E-state index contributed by atoms with van der Waals surface area (Å²) in [6, 6.07) is 1.26. The Kier molecular flexibility index (Phi) is 3.70. The summed E-state index contributed by atoms with van der Waals surface area (Å²) in [5, 5.41) is 3.75. The quantitative estimate of drug-likeness (QED) is 0.901. The van der Waals surface area contributed by atoms with Gasteiger partial charge in [0.2, 0.25) is 11.2 Å². The van der Waals surface area contributed by atoms with Crippen LogP contribution in [0.15, 0.2) is 0 Å². The van der Waals surface area contributed by atoms with Gasteiger partial charge in [-0.05, 0) is 43.8 Å². The van der Waals surface area contributed by atoms with Crippen molar-refractivity contribution in [3.63, 3.8) is 0 Å². The lowest BCUT2D eigenvalue weighted by atomic mass is 10.0. The summed E-state index contributed by atoms with van der Waals surface area (Å²) < 4.78 is 5.07. The van der Waals surface area contributed by atoms with Crippen LogP contribution < -0.4 is 15.0 Å². The summed E-state index contributed by atoms with van der Waals surface area (Å²) in [7, 11) is 1.54. The number of rotatable bonds is 3. The van der Waals surface area contributed by atoms with Crippen LogP contribution in [0.2, 0.25) is 5.28 Å². The molecule has 1 aromatic heterocycles. The van der Waals surface area contributed by atoms with Gasteiger partial charge in [0, 0.05) is 18.6 Å². The molecule has 2 saturated heterocycles. The van der Waals surface area contributed by atoms with E-state index in [1.165, 1.54) is 26.4 Å². The molecule has 19 heavy (non-hydrogen) atoms. The number of hydrogen-bond donors (Lipinski definition) is 1. The average Bonchev–Trinajstić information content (AvgIpc) is 3.08. The maximum absolute atomic E-state index is 5.93. The second-order valence-electron chi connectivity index (χ2n) is 5.00. The highest BCUT2D eigenvalue weighted by Gasteiger charge is 2.35. The van der Waals surface area contributed by atoms with E-state index in [4.69, 9.17) is 16.3 Å². The first-order chi connectivity index (χ1) is 9.28. The Bertz CT molecular complexity index is 452. The van der Waals surface area contributed by atoms with Crippen molar-refractivity contribution in [2.24, 2.45) is 0 Å². The SMILES string of the molecule is COc1nc(Cl)nc(N2CCCC2C2CCCN2)n1. The van der Waals surface area contributed by atoms with Gasteiger partial charge in [0.05, 0.1) is 7.11 Å². The van der Waals surface area contributed by atoms with Crippen LogP contribution in [0.5, 0.6) is 6.01 Å². The maximum atomic E-state index is 5.93. The third kappa shape index (κ3) is 2.60. The molecule has 2 atom stereocenters. The highest BCUT2D eigenvalue weighted by atomic mass is 35.5. The van der Waals surface area contributed by atoms with Crippen molar-refractivity contribution < 1.29 is 4.74 Å². The van der Waals surface area contributed by atoms with Crippen molar-refractivity contribution >= 4 is 17.5 Å². The lowest BCUT2D eigenvalue weighted by molar-refractivity contribution is 0.377. The molecular formula is C12H18ClN5O. The van der Waals surface area contributed by atoms with Gasteiger partial charge in [-0.25, -0.2) is 0 Å². The first-order valence-electron chi connectivity index (χ1n) is 6.73. The number of aromatic nitrogens is 3. The molecular weight excluding hydrogens is 266 g/mol. The monoisotopic (exact) mass is 283 g/mol. The van der Waals surface area contributed by atoms with Crippen molar-refractivity contribution in [2.45, 2.75) is 37.8 Å². The molecule has 104 valence electrons. The van der Waals surface area contributed by atoms with Crippen LogP contribution in [0.1, 0.15) is 25.7 Å². The number of halogens is 1. The molecule has 6 nitrogen and oxygen atoms in total. The van der Waals surface area contributed by atoms with Gasteiger partial charge in [0.1, 0.15) is 0 Å². The third-order valence-corrected chi connectivity index (χ3v) is 4.05. The Hall–Kier alpha value is -1.14. The van der Waals surface area contributed by atoms with Gasteiger partial charge in [0.15, 0.2) is 0 Å². The van der Waals surface area contributed by atoms with Gasteiger partial charge in [-0.15, -0.1) is 0 Å². The zero-order chi connectivity index (χ0) is 13.2. The molecule has 0 radical (unpaired) electrons. The molecule has 0 amide bonds. The Morgan fingerprint density at radius 2 is 2.16 bits per heavy atom. The van der Waals surface area contributed by atoms with Crippen LogP contribution in [0, 0.1) is 0 Å². The van der Waals surface area contributed by atoms with Crippen LogP contribution in [0.4, 0.5) is 5.95 Å². The normalized spacial score (nSPS) is 26.9. The molecule has 1 N–H and O–H groups in total. The van der Waals surface area contributed by atoms with Gasteiger partial charge in [-0.1, -0.05) is 0 Å². The smallest absolute Gasteiger partial charge is 0.322 e. The minimum atomic E-state index is 0.187. The van der Waals surface area contributed by atoms with E-state index >= 15 is 0 Å². The topological polar surface area (TPSA) is 63.2 Å². The van der Waals surface area contributed by atoms with Crippen molar-refractivity contribution in [1.29, 1.82) is 0 Å². The predicted molar refractivity (Wildman–Crippen MR) is 72.8 cm³/mol. The number of anilines is 1. The predicted octanol–water partition coefficient (Wildman–Crippen LogP) is 1.25. The minimum Gasteiger partial charge on any atom is -0.467 e. The first-order valence-corrected chi connectivity index (χ1v) is 7.11. The van der Waals surface area contributed by atoms with E-state index in [-0.39, 0.29) is 11.3 Å². The zero-order valence-electron chi connectivity index (χ0n) is 11.0. The van der Waals surface area contributed by atoms with Gasteiger partial charge < -0.3 is 15.0 Å². The molecule has 0 aliphatic carbocycles.